The van der Waals surface area contributed by atoms with Gasteiger partial charge in [-0.05, 0) is 5.56 Å². The molecule has 128 valence electrons. The standard InChI is InChI=1S/C18H17N3O2S2/c1-2-8-19-15(22)11-24-10-14-20-17(23)16-13(9-25-18(16)21-14)12-6-4-3-5-7-12/h2-7,9H,1,8,10-11H2,(H,19,22)(H,20,21,23). The maximum Gasteiger partial charge on any atom is 0.260 e. The number of aromatic amines is 1. The number of hydrogen-bond donors (Lipinski definition) is 2. The number of fused-ring (bicyclic) bond motifs is 1. The van der Waals surface area contributed by atoms with Gasteiger partial charge < -0.3 is 10.3 Å². The summed E-state index contributed by atoms with van der Waals surface area (Å²) in [4.78, 5) is 32.2. The number of hydrogen-bond acceptors (Lipinski definition) is 5. The molecule has 0 aliphatic carbocycles. The van der Waals surface area contributed by atoms with Crippen molar-refractivity contribution in [3.8, 4) is 11.1 Å². The number of H-pyrrole nitrogens is 1. The van der Waals surface area contributed by atoms with Crippen molar-refractivity contribution < 1.29 is 4.79 Å². The van der Waals surface area contributed by atoms with Crippen LogP contribution in [0.4, 0.5) is 0 Å². The minimum atomic E-state index is -0.142. The summed E-state index contributed by atoms with van der Waals surface area (Å²) in [5.74, 6) is 1.32. The largest absolute Gasteiger partial charge is 0.352 e. The number of benzene rings is 1. The van der Waals surface area contributed by atoms with Gasteiger partial charge in [-0.15, -0.1) is 29.7 Å². The van der Waals surface area contributed by atoms with Crippen molar-refractivity contribution in [2.75, 3.05) is 12.3 Å². The topological polar surface area (TPSA) is 74.8 Å². The van der Waals surface area contributed by atoms with Crippen LogP contribution in [-0.4, -0.2) is 28.2 Å². The van der Waals surface area contributed by atoms with Crippen LogP contribution in [-0.2, 0) is 10.5 Å². The van der Waals surface area contributed by atoms with Gasteiger partial charge in [-0.2, -0.15) is 0 Å². The first-order chi connectivity index (χ1) is 12.2. The zero-order valence-corrected chi connectivity index (χ0v) is 15.1. The quantitative estimate of drug-likeness (QED) is 0.626. The Kier molecular flexibility index (Phi) is 5.67. The Bertz CT molecular complexity index is 948. The van der Waals surface area contributed by atoms with Crippen LogP contribution in [0, 0.1) is 0 Å². The molecule has 0 atom stereocenters. The number of nitrogens with zero attached hydrogens (tertiary/aromatic N) is 1. The molecule has 0 spiro atoms. The predicted octanol–water partition coefficient (Wildman–Crippen LogP) is 3.19. The molecule has 7 heteroatoms. The highest BCUT2D eigenvalue weighted by molar-refractivity contribution is 7.99. The van der Waals surface area contributed by atoms with Crippen LogP contribution in [0.3, 0.4) is 0 Å². The van der Waals surface area contributed by atoms with E-state index in [4.69, 9.17) is 0 Å². The molecule has 5 nitrogen and oxygen atoms in total. The van der Waals surface area contributed by atoms with E-state index < -0.39 is 0 Å². The van der Waals surface area contributed by atoms with Gasteiger partial charge in [-0.25, -0.2) is 4.98 Å². The zero-order valence-electron chi connectivity index (χ0n) is 13.5. The number of carbonyl (C=O) groups excluding carboxylic acids is 1. The van der Waals surface area contributed by atoms with Crippen LogP contribution in [0.5, 0.6) is 0 Å². The van der Waals surface area contributed by atoms with Crippen LogP contribution in [0.25, 0.3) is 21.3 Å². The average molecular weight is 371 g/mol. The van der Waals surface area contributed by atoms with E-state index in [0.717, 1.165) is 11.1 Å². The monoisotopic (exact) mass is 371 g/mol. The van der Waals surface area contributed by atoms with Crippen molar-refractivity contribution in [1.29, 1.82) is 0 Å². The van der Waals surface area contributed by atoms with Gasteiger partial charge in [-0.1, -0.05) is 36.4 Å². The Morgan fingerprint density at radius 2 is 2.16 bits per heavy atom. The number of nitrogens with one attached hydrogen (secondary N) is 2. The molecule has 0 saturated carbocycles. The predicted molar refractivity (Wildman–Crippen MR) is 105 cm³/mol. The van der Waals surface area contributed by atoms with E-state index in [2.05, 4.69) is 21.9 Å². The lowest BCUT2D eigenvalue weighted by molar-refractivity contribution is -0.118. The Hall–Kier alpha value is -2.38. The minimum absolute atomic E-state index is 0.0594. The van der Waals surface area contributed by atoms with Gasteiger partial charge in [-0.3, -0.25) is 9.59 Å². The van der Waals surface area contributed by atoms with E-state index in [1.807, 2.05) is 35.7 Å². The van der Waals surface area contributed by atoms with Gasteiger partial charge in [0.2, 0.25) is 5.91 Å². The molecule has 0 unspecified atom stereocenters. The number of rotatable bonds is 7. The van der Waals surface area contributed by atoms with E-state index in [1.165, 1.54) is 23.1 Å². The third kappa shape index (κ3) is 4.18. The van der Waals surface area contributed by atoms with Crippen molar-refractivity contribution in [3.05, 3.63) is 64.5 Å². The minimum Gasteiger partial charge on any atom is -0.352 e. The van der Waals surface area contributed by atoms with Gasteiger partial charge >= 0.3 is 0 Å². The highest BCUT2D eigenvalue weighted by Gasteiger charge is 2.13. The summed E-state index contributed by atoms with van der Waals surface area (Å²) >= 11 is 2.87. The molecule has 2 N–H and O–H groups in total. The van der Waals surface area contributed by atoms with Crippen molar-refractivity contribution in [3.63, 3.8) is 0 Å². The summed E-state index contributed by atoms with van der Waals surface area (Å²) in [7, 11) is 0. The van der Waals surface area contributed by atoms with Crippen molar-refractivity contribution in [2.24, 2.45) is 0 Å². The fourth-order valence-electron chi connectivity index (χ4n) is 2.37. The van der Waals surface area contributed by atoms with Crippen LogP contribution in [0.1, 0.15) is 5.82 Å². The summed E-state index contributed by atoms with van der Waals surface area (Å²) in [5.41, 5.74) is 1.76. The van der Waals surface area contributed by atoms with E-state index in [1.54, 1.807) is 6.08 Å². The Labute approximate surface area is 153 Å². The SMILES string of the molecule is C=CCNC(=O)CSCc1nc2scc(-c3ccccc3)c2c(=O)[nH]1. The number of amides is 1. The molecule has 0 aliphatic heterocycles. The highest BCUT2D eigenvalue weighted by Crippen LogP contribution is 2.30. The van der Waals surface area contributed by atoms with Gasteiger partial charge in [0.25, 0.3) is 5.56 Å². The lowest BCUT2D eigenvalue weighted by atomic mass is 10.1. The van der Waals surface area contributed by atoms with Crippen molar-refractivity contribution in [2.45, 2.75) is 5.75 Å². The molecule has 0 fully saturated rings. The second-order valence-electron chi connectivity index (χ2n) is 5.29. The molecule has 3 rings (SSSR count). The normalized spacial score (nSPS) is 10.7. The molecular formula is C18H17N3O2S2. The second kappa shape index (κ2) is 8.13. The number of thioether (sulfide) groups is 1. The first-order valence-corrected chi connectivity index (χ1v) is 9.73. The Balaban J connectivity index is 1.76. The smallest absolute Gasteiger partial charge is 0.260 e. The summed E-state index contributed by atoms with van der Waals surface area (Å²) < 4.78 is 0. The Morgan fingerprint density at radius 3 is 2.92 bits per heavy atom. The van der Waals surface area contributed by atoms with Crippen LogP contribution < -0.4 is 10.9 Å². The molecule has 3 aromatic rings. The number of carbonyl (C=O) groups is 1. The Morgan fingerprint density at radius 1 is 1.36 bits per heavy atom. The lowest BCUT2D eigenvalue weighted by Crippen LogP contribution is -2.25. The molecule has 1 aromatic carbocycles. The second-order valence-corrected chi connectivity index (χ2v) is 7.14. The van der Waals surface area contributed by atoms with E-state index in [0.29, 0.717) is 34.1 Å². The molecule has 2 heterocycles. The molecule has 2 aromatic heterocycles. The van der Waals surface area contributed by atoms with Crippen LogP contribution >= 0.6 is 23.1 Å². The van der Waals surface area contributed by atoms with Gasteiger partial charge in [0.1, 0.15) is 10.7 Å². The first-order valence-electron chi connectivity index (χ1n) is 7.70. The molecule has 1 amide bonds. The van der Waals surface area contributed by atoms with Gasteiger partial charge in [0.05, 0.1) is 16.9 Å². The van der Waals surface area contributed by atoms with Crippen molar-refractivity contribution >= 4 is 39.2 Å². The molecule has 0 bridgehead atoms. The summed E-state index contributed by atoms with van der Waals surface area (Å²) in [5, 5.41) is 5.29. The third-order valence-electron chi connectivity index (χ3n) is 3.49. The molecule has 0 saturated heterocycles. The summed E-state index contributed by atoms with van der Waals surface area (Å²) in [6, 6.07) is 9.80. The maximum absolute atomic E-state index is 12.5. The number of aromatic nitrogens is 2. The number of thiophene rings is 1. The summed E-state index contributed by atoms with van der Waals surface area (Å²) in [6.07, 6.45) is 1.64. The zero-order chi connectivity index (χ0) is 17.6. The highest BCUT2D eigenvalue weighted by atomic mass is 32.2. The molecular weight excluding hydrogens is 354 g/mol. The van der Waals surface area contributed by atoms with E-state index in [9.17, 15) is 9.59 Å². The average Bonchev–Trinajstić information content (AvgIpc) is 3.05. The third-order valence-corrected chi connectivity index (χ3v) is 5.31. The maximum atomic E-state index is 12.5. The van der Waals surface area contributed by atoms with Crippen molar-refractivity contribution in [1.82, 2.24) is 15.3 Å². The molecule has 0 aliphatic rings. The van der Waals surface area contributed by atoms with E-state index >= 15 is 0 Å². The lowest BCUT2D eigenvalue weighted by Gasteiger charge is -2.03. The first kappa shape index (κ1) is 17.4. The fraction of sp³-hybridized carbons (Fsp3) is 0.167. The fourth-order valence-corrected chi connectivity index (χ4v) is 4.06. The molecule has 0 radical (unpaired) electrons. The summed E-state index contributed by atoms with van der Waals surface area (Å²) in [6.45, 7) is 4.01. The van der Waals surface area contributed by atoms with E-state index in [-0.39, 0.29) is 11.5 Å². The van der Waals surface area contributed by atoms with Crippen LogP contribution in [0.15, 0.2) is 53.2 Å². The van der Waals surface area contributed by atoms with Gasteiger partial charge in [0, 0.05) is 17.5 Å². The van der Waals surface area contributed by atoms with Gasteiger partial charge in [0.15, 0.2) is 0 Å². The van der Waals surface area contributed by atoms with Crippen LogP contribution in [0.2, 0.25) is 0 Å². The molecule has 25 heavy (non-hydrogen) atoms.